The van der Waals surface area contributed by atoms with E-state index in [4.69, 9.17) is 4.74 Å². The Morgan fingerprint density at radius 1 is 1.50 bits per heavy atom. The topological polar surface area (TPSA) is 58.6 Å². The predicted octanol–water partition coefficient (Wildman–Crippen LogP) is 1.93. The molecule has 0 aromatic heterocycles. The molecule has 1 rings (SSSR count). The lowest BCUT2D eigenvalue weighted by atomic mass is 10.2. The first-order valence-corrected chi connectivity index (χ1v) is 5.85. The van der Waals surface area contributed by atoms with Crippen molar-refractivity contribution >= 4 is 5.91 Å². The molecule has 0 saturated heterocycles. The number of ether oxygens (including phenoxy) is 1. The Morgan fingerprint density at radius 3 is 2.83 bits per heavy atom. The lowest BCUT2D eigenvalue weighted by molar-refractivity contribution is 0.0884. The number of benzene rings is 1. The second-order valence-corrected chi connectivity index (χ2v) is 4.39. The van der Waals surface area contributed by atoms with Crippen LogP contribution in [0.1, 0.15) is 24.2 Å². The number of phenols is 1. The van der Waals surface area contributed by atoms with Crippen LogP contribution in [0, 0.1) is 11.7 Å². The van der Waals surface area contributed by atoms with E-state index in [9.17, 15) is 14.3 Å². The predicted molar refractivity (Wildman–Crippen MR) is 66.1 cm³/mol. The van der Waals surface area contributed by atoms with Gasteiger partial charge in [-0.15, -0.1) is 0 Å². The minimum absolute atomic E-state index is 0.0558. The van der Waals surface area contributed by atoms with Crippen molar-refractivity contribution in [2.75, 3.05) is 19.8 Å². The molecule has 0 saturated carbocycles. The van der Waals surface area contributed by atoms with Gasteiger partial charge >= 0.3 is 0 Å². The van der Waals surface area contributed by atoms with Gasteiger partial charge in [0.25, 0.3) is 5.91 Å². The number of hydrogen-bond donors (Lipinski definition) is 2. The number of halogens is 1. The first kappa shape index (κ1) is 14.4. The molecule has 0 aliphatic heterocycles. The van der Waals surface area contributed by atoms with E-state index < -0.39 is 11.7 Å². The number of amides is 1. The molecule has 4 nitrogen and oxygen atoms in total. The molecule has 100 valence electrons. The molecule has 0 fully saturated rings. The van der Waals surface area contributed by atoms with Gasteiger partial charge in [0.2, 0.25) is 0 Å². The molecule has 0 bridgehead atoms. The van der Waals surface area contributed by atoms with Crippen LogP contribution in [0.3, 0.4) is 0 Å². The number of carbonyl (C=O) groups excluding carboxylic acids is 1. The summed E-state index contributed by atoms with van der Waals surface area (Å²) in [7, 11) is 0. The van der Waals surface area contributed by atoms with E-state index in [1.165, 1.54) is 6.07 Å². The summed E-state index contributed by atoms with van der Waals surface area (Å²) in [5.41, 5.74) is 0.0558. The zero-order valence-corrected chi connectivity index (χ0v) is 10.6. The van der Waals surface area contributed by atoms with Gasteiger partial charge < -0.3 is 15.2 Å². The van der Waals surface area contributed by atoms with Gasteiger partial charge in [-0.05, 0) is 18.1 Å². The smallest absolute Gasteiger partial charge is 0.255 e. The van der Waals surface area contributed by atoms with Crippen LogP contribution in [0.25, 0.3) is 0 Å². The Labute approximate surface area is 106 Å². The van der Waals surface area contributed by atoms with Crippen LogP contribution in [-0.2, 0) is 4.74 Å². The van der Waals surface area contributed by atoms with E-state index in [-0.39, 0.29) is 11.3 Å². The lowest BCUT2D eigenvalue weighted by Crippen LogP contribution is -2.27. The van der Waals surface area contributed by atoms with Crippen LogP contribution in [0.4, 0.5) is 4.39 Å². The summed E-state index contributed by atoms with van der Waals surface area (Å²) >= 11 is 0. The molecule has 5 heteroatoms. The Bertz CT molecular complexity index is 407. The fourth-order valence-electron chi connectivity index (χ4n) is 1.35. The Balaban J connectivity index is 2.36. The van der Waals surface area contributed by atoms with Gasteiger partial charge in [-0.25, -0.2) is 4.39 Å². The van der Waals surface area contributed by atoms with E-state index >= 15 is 0 Å². The lowest BCUT2D eigenvalue weighted by Gasteiger charge is -2.09. The normalized spacial score (nSPS) is 10.7. The first-order valence-electron chi connectivity index (χ1n) is 5.85. The Hall–Kier alpha value is -1.62. The third-order valence-electron chi connectivity index (χ3n) is 2.19. The second kappa shape index (κ2) is 6.96. The molecule has 1 aromatic carbocycles. The van der Waals surface area contributed by atoms with Gasteiger partial charge in [-0.2, -0.15) is 0 Å². The number of phenolic OH excluding ortho intramolecular Hbond substituents is 1. The van der Waals surface area contributed by atoms with Crippen LogP contribution in [0.15, 0.2) is 18.2 Å². The zero-order valence-electron chi connectivity index (χ0n) is 10.6. The fourth-order valence-corrected chi connectivity index (χ4v) is 1.35. The summed E-state index contributed by atoms with van der Waals surface area (Å²) in [6.07, 6.45) is 0. The summed E-state index contributed by atoms with van der Waals surface area (Å²) in [6, 6.07) is 3.28. The largest absolute Gasteiger partial charge is 0.507 e. The van der Waals surface area contributed by atoms with Gasteiger partial charge in [-0.1, -0.05) is 13.8 Å². The van der Waals surface area contributed by atoms with Crippen molar-refractivity contribution in [2.45, 2.75) is 13.8 Å². The monoisotopic (exact) mass is 255 g/mol. The highest BCUT2D eigenvalue weighted by atomic mass is 19.1. The van der Waals surface area contributed by atoms with E-state index in [1.807, 2.05) is 13.8 Å². The van der Waals surface area contributed by atoms with Crippen LogP contribution < -0.4 is 5.32 Å². The van der Waals surface area contributed by atoms with Crippen molar-refractivity contribution in [3.8, 4) is 5.75 Å². The van der Waals surface area contributed by atoms with E-state index in [0.29, 0.717) is 25.7 Å². The van der Waals surface area contributed by atoms with Crippen LogP contribution in [0.5, 0.6) is 5.75 Å². The molecular formula is C13H18FNO3. The molecule has 0 heterocycles. The molecule has 0 aliphatic carbocycles. The molecular weight excluding hydrogens is 237 g/mol. The van der Waals surface area contributed by atoms with E-state index in [1.54, 1.807) is 0 Å². The van der Waals surface area contributed by atoms with Crippen molar-refractivity contribution in [3.63, 3.8) is 0 Å². The molecule has 0 radical (unpaired) electrons. The number of carbonyl (C=O) groups is 1. The second-order valence-electron chi connectivity index (χ2n) is 4.39. The summed E-state index contributed by atoms with van der Waals surface area (Å²) < 4.78 is 18.0. The summed E-state index contributed by atoms with van der Waals surface area (Å²) in [4.78, 5) is 11.6. The molecule has 18 heavy (non-hydrogen) atoms. The van der Waals surface area contributed by atoms with Gasteiger partial charge in [0.15, 0.2) is 0 Å². The molecule has 0 unspecified atom stereocenters. The van der Waals surface area contributed by atoms with Crippen molar-refractivity contribution in [2.24, 2.45) is 5.92 Å². The maximum atomic E-state index is 12.7. The van der Waals surface area contributed by atoms with Gasteiger partial charge in [-0.3, -0.25) is 4.79 Å². The van der Waals surface area contributed by atoms with Crippen molar-refractivity contribution in [1.82, 2.24) is 5.32 Å². The maximum Gasteiger partial charge on any atom is 0.255 e. The molecule has 1 aromatic rings. The van der Waals surface area contributed by atoms with Crippen LogP contribution in [0.2, 0.25) is 0 Å². The third-order valence-corrected chi connectivity index (χ3v) is 2.19. The minimum atomic E-state index is -0.579. The van der Waals surface area contributed by atoms with E-state index in [2.05, 4.69) is 5.32 Å². The maximum absolute atomic E-state index is 12.7. The first-order chi connectivity index (χ1) is 8.50. The van der Waals surface area contributed by atoms with Crippen molar-refractivity contribution in [3.05, 3.63) is 29.6 Å². The summed E-state index contributed by atoms with van der Waals surface area (Å²) in [5.74, 6) is -0.942. The Morgan fingerprint density at radius 2 is 2.22 bits per heavy atom. The molecule has 0 aliphatic rings. The number of aromatic hydroxyl groups is 1. The highest BCUT2D eigenvalue weighted by Crippen LogP contribution is 2.17. The quantitative estimate of drug-likeness (QED) is 0.764. The zero-order chi connectivity index (χ0) is 13.5. The van der Waals surface area contributed by atoms with Gasteiger partial charge in [0, 0.05) is 19.2 Å². The van der Waals surface area contributed by atoms with Crippen LogP contribution in [-0.4, -0.2) is 30.8 Å². The standard InChI is InChI=1S/C13H18FNO3/c1-9(2)8-18-6-5-15-13(17)11-4-3-10(14)7-12(11)16/h3-4,7,9,16H,5-6,8H2,1-2H3,(H,15,17). The number of hydrogen-bond acceptors (Lipinski definition) is 3. The average molecular weight is 255 g/mol. The highest BCUT2D eigenvalue weighted by Gasteiger charge is 2.10. The average Bonchev–Trinajstić information content (AvgIpc) is 2.27. The van der Waals surface area contributed by atoms with Gasteiger partial charge in [0.05, 0.1) is 12.2 Å². The van der Waals surface area contributed by atoms with Crippen LogP contribution >= 0.6 is 0 Å². The third kappa shape index (κ3) is 4.71. The van der Waals surface area contributed by atoms with Gasteiger partial charge in [0.1, 0.15) is 11.6 Å². The SMILES string of the molecule is CC(C)COCCNC(=O)c1ccc(F)cc1O. The highest BCUT2D eigenvalue weighted by molar-refractivity contribution is 5.96. The Kier molecular flexibility index (Phi) is 5.58. The summed E-state index contributed by atoms with van der Waals surface area (Å²) in [6.45, 7) is 5.47. The van der Waals surface area contributed by atoms with Crippen molar-refractivity contribution < 1.29 is 19.0 Å². The number of nitrogens with one attached hydrogen (secondary N) is 1. The molecule has 0 spiro atoms. The number of rotatable bonds is 6. The van der Waals surface area contributed by atoms with E-state index in [0.717, 1.165) is 12.1 Å². The van der Waals surface area contributed by atoms with Crippen molar-refractivity contribution in [1.29, 1.82) is 0 Å². The molecule has 1 amide bonds. The fraction of sp³-hybridized carbons (Fsp3) is 0.462. The molecule has 2 N–H and O–H groups in total. The molecule has 0 atom stereocenters. The minimum Gasteiger partial charge on any atom is -0.507 e. The summed E-state index contributed by atoms with van der Waals surface area (Å²) in [5, 5.41) is 12.0.